The van der Waals surface area contributed by atoms with E-state index in [1.165, 1.54) is 29.3 Å². The SMILES string of the molecule is CN(CC1CCC(C(N)CN)CC1)c1ccc(I)cn1. The molecule has 4 N–H and O–H groups in total. The standard InChI is InChI=1S/C15H25IN4/c1-20(15-7-6-13(16)9-19-15)10-11-2-4-12(5-3-11)14(18)8-17/h6-7,9,11-12,14H,2-5,8,10,17-18H2,1H3. The molecule has 5 heteroatoms. The van der Waals surface area contributed by atoms with Crippen LogP contribution in [0.3, 0.4) is 0 Å². The summed E-state index contributed by atoms with van der Waals surface area (Å²) in [5.41, 5.74) is 11.7. The molecule has 0 bridgehead atoms. The fourth-order valence-electron chi connectivity index (χ4n) is 3.07. The van der Waals surface area contributed by atoms with Crippen LogP contribution in [0.15, 0.2) is 18.3 Å². The summed E-state index contributed by atoms with van der Waals surface area (Å²) in [6, 6.07) is 4.39. The summed E-state index contributed by atoms with van der Waals surface area (Å²) in [5, 5.41) is 0. The van der Waals surface area contributed by atoms with Gasteiger partial charge in [-0.05, 0) is 72.2 Å². The van der Waals surface area contributed by atoms with E-state index in [9.17, 15) is 0 Å². The Labute approximate surface area is 135 Å². The molecule has 1 unspecified atom stereocenters. The third-order valence-electron chi connectivity index (χ3n) is 4.40. The first-order valence-corrected chi connectivity index (χ1v) is 8.46. The Hall–Kier alpha value is -0.400. The first-order valence-electron chi connectivity index (χ1n) is 7.38. The van der Waals surface area contributed by atoms with Gasteiger partial charge in [0, 0.05) is 35.9 Å². The van der Waals surface area contributed by atoms with Gasteiger partial charge < -0.3 is 16.4 Å². The minimum atomic E-state index is 0.187. The van der Waals surface area contributed by atoms with Crippen LogP contribution in [0.4, 0.5) is 5.82 Å². The van der Waals surface area contributed by atoms with Crippen molar-refractivity contribution in [3.63, 3.8) is 0 Å². The van der Waals surface area contributed by atoms with Crippen LogP contribution in [0.5, 0.6) is 0 Å². The van der Waals surface area contributed by atoms with E-state index in [-0.39, 0.29) is 6.04 Å². The van der Waals surface area contributed by atoms with Gasteiger partial charge in [-0.15, -0.1) is 0 Å². The van der Waals surface area contributed by atoms with Gasteiger partial charge in [0.05, 0.1) is 0 Å². The Morgan fingerprint density at radius 2 is 2.05 bits per heavy atom. The van der Waals surface area contributed by atoms with Gasteiger partial charge in [-0.1, -0.05) is 0 Å². The van der Waals surface area contributed by atoms with Gasteiger partial charge >= 0.3 is 0 Å². The number of nitrogens with zero attached hydrogens (tertiary/aromatic N) is 2. The maximum Gasteiger partial charge on any atom is 0.128 e. The van der Waals surface area contributed by atoms with Crippen molar-refractivity contribution in [2.75, 3.05) is 25.0 Å². The van der Waals surface area contributed by atoms with E-state index in [0.717, 1.165) is 18.3 Å². The van der Waals surface area contributed by atoms with Crippen LogP contribution >= 0.6 is 22.6 Å². The van der Waals surface area contributed by atoms with Gasteiger partial charge in [-0.3, -0.25) is 0 Å². The van der Waals surface area contributed by atoms with E-state index in [0.29, 0.717) is 12.5 Å². The Kier molecular flexibility index (Phi) is 6.04. The van der Waals surface area contributed by atoms with Crippen LogP contribution in [-0.2, 0) is 0 Å². The first-order chi connectivity index (χ1) is 9.60. The molecule has 20 heavy (non-hydrogen) atoms. The van der Waals surface area contributed by atoms with E-state index in [4.69, 9.17) is 11.5 Å². The molecule has 0 saturated heterocycles. The summed E-state index contributed by atoms with van der Waals surface area (Å²) in [7, 11) is 2.13. The molecule has 0 aromatic carbocycles. The molecule has 0 amide bonds. The third-order valence-corrected chi connectivity index (χ3v) is 5.04. The molecule has 1 saturated carbocycles. The molecule has 112 valence electrons. The van der Waals surface area contributed by atoms with Crippen LogP contribution in [0.2, 0.25) is 0 Å². The van der Waals surface area contributed by atoms with Crippen LogP contribution in [0, 0.1) is 15.4 Å². The van der Waals surface area contributed by atoms with Crippen molar-refractivity contribution in [3.05, 3.63) is 21.9 Å². The number of pyridine rings is 1. The van der Waals surface area contributed by atoms with E-state index < -0.39 is 0 Å². The fourth-order valence-corrected chi connectivity index (χ4v) is 3.39. The second kappa shape index (κ2) is 7.56. The minimum absolute atomic E-state index is 0.187. The zero-order valence-electron chi connectivity index (χ0n) is 12.1. The highest BCUT2D eigenvalue weighted by molar-refractivity contribution is 14.1. The maximum absolute atomic E-state index is 6.05. The molecule has 2 rings (SSSR count). The lowest BCUT2D eigenvalue weighted by Gasteiger charge is -2.33. The quantitative estimate of drug-likeness (QED) is 0.760. The predicted molar refractivity (Wildman–Crippen MR) is 92.7 cm³/mol. The van der Waals surface area contributed by atoms with Gasteiger partial charge in [0.1, 0.15) is 5.82 Å². The Bertz CT molecular complexity index is 401. The smallest absolute Gasteiger partial charge is 0.128 e. The zero-order chi connectivity index (χ0) is 14.5. The minimum Gasteiger partial charge on any atom is -0.359 e. The summed E-state index contributed by atoms with van der Waals surface area (Å²) in [6.45, 7) is 1.69. The molecule has 0 spiro atoms. The Morgan fingerprint density at radius 3 is 2.60 bits per heavy atom. The lowest BCUT2D eigenvalue weighted by molar-refractivity contribution is 0.247. The lowest BCUT2D eigenvalue weighted by atomic mass is 9.78. The maximum atomic E-state index is 6.05. The number of halogens is 1. The highest BCUT2D eigenvalue weighted by Gasteiger charge is 2.25. The molecule has 0 aliphatic heterocycles. The third kappa shape index (κ3) is 4.30. The van der Waals surface area contributed by atoms with Gasteiger partial charge in [0.25, 0.3) is 0 Å². The number of nitrogens with two attached hydrogens (primary N) is 2. The van der Waals surface area contributed by atoms with Crippen LogP contribution in [0.1, 0.15) is 25.7 Å². The molecule has 1 aromatic heterocycles. The number of hydrogen-bond acceptors (Lipinski definition) is 4. The number of rotatable bonds is 5. The highest BCUT2D eigenvalue weighted by Crippen LogP contribution is 2.31. The molecule has 1 aromatic rings. The largest absolute Gasteiger partial charge is 0.359 e. The summed E-state index contributed by atoms with van der Waals surface area (Å²) in [5.74, 6) is 2.44. The highest BCUT2D eigenvalue weighted by atomic mass is 127. The molecular formula is C15H25IN4. The van der Waals surface area contributed by atoms with Crippen LogP contribution in [-0.4, -0.2) is 31.2 Å². The molecule has 1 aliphatic rings. The van der Waals surface area contributed by atoms with Crippen LogP contribution < -0.4 is 16.4 Å². The predicted octanol–water partition coefficient (Wildman–Crippen LogP) is 2.21. The number of anilines is 1. The molecule has 1 fully saturated rings. The fraction of sp³-hybridized carbons (Fsp3) is 0.667. The van der Waals surface area contributed by atoms with Crippen molar-refractivity contribution in [1.82, 2.24) is 4.98 Å². The molecule has 0 radical (unpaired) electrons. The van der Waals surface area contributed by atoms with Gasteiger partial charge in [-0.2, -0.15) is 0 Å². The topological polar surface area (TPSA) is 68.2 Å². The van der Waals surface area contributed by atoms with E-state index in [1.807, 2.05) is 6.20 Å². The van der Waals surface area contributed by atoms with Gasteiger partial charge in [0.15, 0.2) is 0 Å². The molecular weight excluding hydrogens is 363 g/mol. The van der Waals surface area contributed by atoms with Crippen LogP contribution in [0.25, 0.3) is 0 Å². The van der Waals surface area contributed by atoms with Gasteiger partial charge in [0.2, 0.25) is 0 Å². The zero-order valence-corrected chi connectivity index (χ0v) is 14.3. The van der Waals surface area contributed by atoms with E-state index in [2.05, 4.69) is 51.7 Å². The van der Waals surface area contributed by atoms with Crippen molar-refractivity contribution in [3.8, 4) is 0 Å². The second-order valence-corrected chi connectivity index (χ2v) is 7.14. The Morgan fingerprint density at radius 1 is 1.35 bits per heavy atom. The molecule has 1 aliphatic carbocycles. The van der Waals surface area contributed by atoms with E-state index >= 15 is 0 Å². The molecule has 1 heterocycles. The Balaban J connectivity index is 1.81. The summed E-state index contributed by atoms with van der Waals surface area (Å²) < 4.78 is 1.18. The van der Waals surface area contributed by atoms with Crippen molar-refractivity contribution >= 4 is 28.4 Å². The number of hydrogen-bond donors (Lipinski definition) is 2. The van der Waals surface area contributed by atoms with Gasteiger partial charge in [-0.25, -0.2) is 4.98 Å². The van der Waals surface area contributed by atoms with Crippen molar-refractivity contribution in [2.24, 2.45) is 23.3 Å². The van der Waals surface area contributed by atoms with E-state index in [1.54, 1.807) is 0 Å². The van der Waals surface area contributed by atoms with Crippen molar-refractivity contribution in [2.45, 2.75) is 31.7 Å². The average molecular weight is 388 g/mol. The average Bonchev–Trinajstić information content (AvgIpc) is 2.48. The first kappa shape index (κ1) is 16.0. The summed E-state index contributed by atoms with van der Waals surface area (Å²) in [6.07, 6.45) is 6.87. The second-order valence-electron chi connectivity index (χ2n) is 5.90. The van der Waals surface area contributed by atoms with Crippen molar-refractivity contribution in [1.29, 1.82) is 0 Å². The molecule has 4 nitrogen and oxygen atoms in total. The normalized spacial score (nSPS) is 24.4. The van der Waals surface area contributed by atoms with Crippen molar-refractivity contribution < 1.29 is 0 Å². The lowest BCUT2D eigenvalue weighted by Crippen LogP contribution is -2.40. The monoisotopic (exact) mass is 388 g/mol. The summed E-state index contributed by atoms with van der Waals surface area (Å²) >= 11 is 2.28. The molecule has 1 atom stereocenters. The number of aromatic nitrogens is 1. The summed E-state index contributed by atoms with van der Waals surface area (Å²) in [4.78, 5) is 6.75.